The number of rotatable bonds is 16. The Morgan fingerprint density at radius 2 is 1.56 bits per heavy atom. The van der Waals surface area contributed by atoms with Crippen LogP contribution >= 0.6 is 11.8 Å². The number of carboxylic acid groups (broad SMARTS) is 2. The van der Waals surface area contributed by atoms with E-state index in [1.807, 2.05) is 0 Å². The number of hydrogen-bond acceptors (Lipinski definition) is 10. The molecule has 0 saturated carbocycles. The lowest BCUT2D eigenvalue weighted by molar-refractivity contribution is -0.157. The van der Waals surface area contributed by atoms with Crippen molar-refractivity contribution in [1.29, 1.82) is 0 Å². The number of thioether (sulfide) groups is 1. The smallest absolute Gasteiger partial charge is 0.335 e. The Morgan fingerprint density at radius 3 is 2.03 bits per heavy atom. The van der Waals surface area contributed by atoms with Gasteiger partial charge in [0.1, 0.15) is 24.0 Å². The zero-order valence-corrected chi connectivity index (χ0v) is 18.8. The summed E-state index contributed by atoms with van der Waals surface area (Å²) in [6.07, 6.45) is -5.43. The zero-order chi connectivity index (χ0) is 25.0. The summed E-state index contributed by atoms with van der Waals surface area (Å²) in [5.41, 5.74) is 0. The fourth-order valence-electron chi connectivity index (χ4n) is 2.46. The van der Waals surface area contributed by atoms with Crippen LogP contribution in [0.2, 0.25) is 0 Å². The molecular formula is C18H31N3O10S. The zero-order valence-electron chi connectivity index (χ0n) is 18.0. The fraction of sp³-hybridized carbons (Fsp3) is 0.722. The highest BCUT2D eigenvalue weighted by Gasteiger charge is 2.32. The topological polar surface area (TPSA) is 223 Å². The Hall–Kier alpha value is -2.26. The molecule has 0 bridgehead atoms. The first-order valence-electron chi connectivity index (χ1n) is 9.61. The number of aliphatic carboxylic acids is 2. The van der Waals surface area contributed by atoms with Crippen molar-refractivity contribution in [3.05, 3.63) is 0 Å². The van der Waals surface area contributed by atoms with Crippen LogP contribution in [0.4, 0.5) is 0 Å². The number of carbonyl (C=O) groups excluding carboxylic acids is 3. The third-order valence-corrected chi connectivity index (χ3v) is 5.26. The largest absolute Gasteiger partial charge is 0.480 e. The quantitative estimate of drug-likeness (QED) is 0.109. The summed E-state index contributed by atoms with van der Waals surface area (Å²) < 4.78 is 0. The van der Waals surface area contributed by atoms with Gasteiger partial charge in [-0.05, 0) is 20.2 Å². The molecule has 13 nitrogen and oxygen atoms in total. The summed E-state index contributed by atoms with van der Waals surface area (Å²) in [6, 6.07) is -1.85. The number of amides is 2. The van der Waals surface area contributed by atoms with Crippen LogP contribution < -0.4 is 16.0 Å². The van der Waals surface area contributed by atoms with E-state index in [1.54, 1.807) is 13.2 Å². The average Bonchev–Trinajstić information content (AvgIpc) is 2.74. The molecule has 4 unspecified atom stereocenters. The number of carboxylic acids is 2. The molecule has 0 aromatic carbocycles. The van der Waals surface area contributed by atoms with Crippen molar-refractivity contribution in [2.24, 2.45) is 5.92 Å². The maximum atomic E-state index is 12.6. The van der Waals surface area contributed by atoms with Crippen molar-refractivity contribution in [3.8, 4) is 0 Å². The standard InChI is InChI=1S/C18H31N3O10S/c1-8(19-2)11(22)4-9(16(27)21-10(7-32-3)17(28)29)5-13(24)20-6-12(23)14(25)15(26)18(30)31/h8-10,12,14-15,19,23,25-26H,4-7H2,1-3H3,(H,20,24)(H,21,27)(H,28,29)(H,30,31)/t8-,9?,10-,12?,14?,15?/m0/s1. The van der Waals surface area contributed by atoms with E-state index in [1.165, 1.54) is 18.8 Å². The monoisotopic (exact) mass is 481 g/mol. The molecule has 32 heavy (non-hydrogen) atoms. The lowest BCUT2D eigenvalue weighted by Gasteiger charge is -2.22. The van der Waals surface area contributed by atoms with Gasteiger partial charge in [-0.15, -0.1) is 0 Å². The summed E-state index contributed by atoms with van der Waals surface area (Å²) in [6.45, 7) is 0.917. The van der Waals surface area contributed by atoms with Gasteiger partial charge >= 0.3 is 11.9 Å². The van der Waals surface area contributed by atoms with E-state index in [4.69, 9.17) is 5.11 Å². The lowest BCUT2D eigenvalue weighted by atomic mass is 9.94. The molecule has 6 atom stereocenters. The van der Waals surface area contributed by atoms with Crippen LogP contribution in [0.15, 0.2) is 0 Å². The van der Waals surface area contributed by atoms with Crippen LogP contribution in [0.25, 0.3) is 0 Å². The summed E-state index contributed by atoms with van der Waals surface area (Å²) >= 11 is 1.18. The molecule has 0 aliphatic carbocycles. The summed E-state index contributed by atoms with van der Waals surface area (Å²) in [4.78, 5) is 59.0. The van der Waals surface area contributed by atoms with Gasteiger partial charge in [-0.1, -0.05) is 0 Å². The average molecular weight is 482 g/mol. The SMILES string of the molecule is CN[C@@H](C)C(=O)CC(CC(=O)NCC(O)C(O)C(O)C(=O)O)C(=O)N[C@@H](CSC)C(=O)O. The first-order valence-corrected chi connectivity index (χ1v) is 11.0. The molecule has 0 aliphatic rings. The van der Waals surface area contributed by atoms with Gasteiger partial charge in [-0.2, -0.15) is 11.8 Å². The third kappa shape index (κ3) is 10.4. The highest BCUT2D eigenvalue weighted by Crippen LogP contribution is 2.13. The molecule has 184 valence electrons. The number of carbonyl (C=O) groups is 5. The van der Waals surface area contributed by atoms with E-state index < -0.39 is 78.8 Å². The number of hydrogen-bond donors (Lipinski definition) is 8. The number of aliphatic hydroxyl groups is 3. The Morgan fingerprint density at radius 1 is 0.969 bits per heavy atom. The first kappa shape index (κ1) is 29.7. The molecule has 0 fully saturated rings. The normalized spacial score (nSPS) is 16.7. The van der Waals surface area contributed by atoms with Gasteiger partial charge in [0, 0.05) is 25.1 Å². The Labute approximate surface area is 188 Å². The van der Waals surface area contributed by atoms with Crippen LogP contribution in [0.1, 0.15) is 19.8 Å². The second kappa shape index (κ2) is 14.7. The summed E-state index contributed by atoms with van der Waals surface area (Å²) in [7, 11) is 1.53. The van der Waals surface area contributed by atoms with Gasteiger partial charge in [-0.25, -0.2) is 9.59 Å². The van der Waals surface area contributed by atoms with Gasteiger partial charge in [0.25, 0.3) is 0 Å². The maximum Gasteiger partial charge on any atom is 0.335 e. The van der Waals surface area contributed by atoms with Gasteiger partial charge in [0.2, 0.25) is 11.8 Å². The molecule has 14 heteroatoms. The van der Waals surface area contributed by atoms with Crippen LogP contribution in [-0.4, -0.2) is 111 Å². The van der Waals surface area contributed by atoms with E-state index >= 15 is 0 Å². The molecule has 2 amide bonds. The fourth-order valence-corrected chi connectivity index (χ4v) is 3.02. The van der Waals surface area contributed by atoms with Crippen molar-refractivity contribution in [3.63, 3.8) is 0 Å². The van der Waals surface area contributed by atoms with Crippen LogP contribution in [0.3, 0.4) is 0 Å². The highest BCUT2D eigenvalue weighted by atomic mass is 32.2. The lowest BCUT2D eigenvalue weighted by Crippen LogP contribution is -2.49. The number of ketones is 1. The van der Waals surface area contributed by atoms with Crippen molar-refractivity contribution >= 4 is 41.3 Å². The minimum atomic E-state index is -2.27. The summed E-state index contributed by atoms with van der Waals surface area (Å²) in [5, 5.41) is 53.5. The van der Waals surface area contributed by atoms with Gasteiger partial charge in [0.15, 0.2) is 6.10 Å². The third-order valence-electron chi connectivity index (χ3n) is 4.59. The Kier molecular flexibility index (Phi) is 13.7. The molecular weight excluding hydrogens is 450 g/mol. The summed E-state index contributed by atoms with van der Waals surface area (Å²) in [5.74, 6) is -6.22. The van der Waals surface area contributed by atoms with E-state index in [-0.39, 0.29) is 12.2 Å². The number of Topliss-reactive ketones (excluding diaryl/α,β-unsaturated/α-hetero) is 1. The molecule has 0 aliphatic heterocycles. The van der Waals surface area contributed by atoms with Crippen molar-refractivity contribution < 1.29 is 49.5 Å². The second-order valence-electron chi connectivity index (χ2n) is 7.08. The van der Waals surface area contributed by atoms with Crippen molar-refractivity contribution in [2.45, 2.75) is 50.2 Å². The molecule has 0 spiro atoms. The molecule has 0 rings (SSSR count). The molecule has 8 N–H and O–H groups in total. The molecule has 0 radical (unpaired) electrons. The van der Waals surface area contributed by atoms with Gasteiger partial charge < -0.3 is 41.5 Å². The molecule has 0 aromatic rings. The first-order chi connectivity index (χ1) is 14.8. The molecule has 0 aromatic heterocycles. The maximum absolute atomic E-state index is 12.6. The van der Waals surface area contributed by atoms with Gasteiger partial charge in [0.05, 0.1) is 12.0 Å². The number of aliphatic hydroxyl groups excluding tert-OH is 3. The number of likely N-dealkylation sites (N-methyl/N-ethyl adjacent to an activating group) is 1. The minimum Gasteiger partial charge on any atom is -0.480 e. The van der Waals surface area contributed by atoms with E-state index in [0.717, 1.165) is 0 Å². The van der Waals surface area contributed by atoms with Crippen LogP contribution in [0, 0.1) is 5.92 Å². The van der Waals surface area contributed by atoms with Crippen LogP contribution in [-0.2, 0) is 24.0 Å². The molecule has 0 saturated heterocycles. The number of nitrogens with one attached hydrogen (secondary N) is 3. The molecule has 0 heterocycles. The second-order valence-corrected chi connectivity index (χ2v) is 7.99. The predicted molar refractivity (Wildman–Crippen MR) is 113 cm³/mol. The van der Waals surface area contributed by atoms with Crippen molar-refractivity contribution in [1.82, 2.24) is 16.0 Å². The predicted octanol–water partition coefficient (Wildman–Crippen LogP) is -3.22. The van der Waals surface area contributed by atoms with E-state index in [9.17, 15) is 44.4 Å². The highest BCUT2D eigenvalue weighted by molar-refractivity contribution is 7.98. The van der Waals surface area contributed by atoms with Crippen molar-refractivity contribution in [2.75, 3.05) is 25.6 Å². The van der Waals surface area contributed by atoms with Crippen LogP contribution in [0.5, 0.6) is 0 Å². The minimum absolute atomic E-state index is 0.0663. The Bertz CT molecular complexity index is 677. The Balaban J connectivity index is 5.20. The van der Waals surface area contributed by atoms with E-state index in [0.29, 0.717) is 0 Å². The van der Waals surface area contributed by atoms with Gasteiger partial charge in [-0.3, -0.25) is 14.4 Å². The van der Waals surface area contributed by atoms with E-state index in [2.05, 4.69) is 16.0 Å².